The molecule has 2 heterocycles. The molecule has 4 nitrogen and oxygen atoms in total. The number of fused-ring (bicyclic) bond motifs is 1. The Balaban J connectivity index is 1.43. The SMILES string of the molecule is CSCc1ccc(CC(=O)Nc2sc3c(c2C#N)CN(Cc2cccc(F)c2)CC3)cc1. The Kier molecular flexibility index (Phi) is 7.26. The van der Waals surface area contributed by atoms with Crippen LogP contribution in [0.15, 0.2) is 48.5 Å². The van der Waals surface area contributed by atoms with Gasteiger partial charge in [-0.2, -0.15) is 17.0 Å². The first-order chi connectivity index (χ1) is 15.6. The van der Waals surface area contributed by atoms with E-state index in [9.17, 15) is 14.4 Å². The van der Waals surface area contributed by atoms with Crippen LogP contribution in [0.5, 0.6) is 0 Å². The van der Waals surface area contributed by atoms with Crippen LogP contribution in [0.1, 0.15) is 32.7 Å². The minimum Gasteiger partial charge on any atom is -0.316 e. The van der Waals surface area contributed by atoms with Gasteiger partial charge in [0.15, 0.2) is 0 Å². The number of rotatable bonds is 7. The normalized spacial score (nSPS) is 13.4. The van der Waals surface area contributed by atoms with Crippen LogP contribution in [0.3, 0.4) is 0 Å². The molecular weight excluding hydrogens is 441 g/mol. The smallest absolute Gasteiger partial charge is 0.229 e. The Morgan fingerprint density at radius 1 is 1.22 bits per heavy atom. The van der Waals surface area contributed by atoms with Crippen LogP contribution in [0.25, 0.3) is 0 Å². The van der Waals surface area contributed by atoms with E-state index in [0.717, 1.165) is 40.3 Å². The fraction of sp³-hybridized carbons (Fsp3) is 0.280. The molecule has 0 spiro atoms. The monoisotopic (exact) mass is 465 g/mol. The number of carbonyl (C=O) groups excluding carboxylic acids is 1. The van der Waals surface area contributed by atoms with Gasteiger partial charge in [0.25, 0.3) is 0 Å². The van der Waals surface area contributed by atoms with E-state index in [1.165, 1.54) is 23.0 Å². The molecule has 2 aromatic carbocycles. The molecule has 1 aromatic heterocycles. The highest BCUT2D eigenvalue weighted by Gasteiger charge is 2.25. The Morgan fingerprint density at radius 3 is 2.72 bits per heavy atom. The molecule has 7 heteroatoms. The van der Waals surface area contributed by atoms with Gasteiger partial charge < -0.3 is 5.32 Å². The summed E-state index contributed by atoms with van der Waals surface area (Å²) >= 11 is 3.27. The molecule has 0 radical (unpaired) electrons. The predicted octanol–water partition coefficient (Wildman–Crippen LogP) is 5.36. The quantitative estimate of drug-likeness (QED) is 0.510. The molecule has 0 unspecified atom stereocenters. The molecule has 1 aliphatic heterocycles. The van der Waals surface area contributed by atoms with Gasteiger partial charge in [-0.3, -0.25) is 9.69 Å². The van der Waals surface area contributed by atoms with E-state index >= 15 is 0 Å². The second kappa shape index (κ2) is 10.3. The van der Waals surface area contributed by atoms with Crippen molar-refractivity contribution in [3.05, 3.63) is 87.0 Å². The van der Waals surface area contributed by atoms with Gasteiger partial charge in [-0.1, -0.05) is 36.4 Å². The molecule has 0 saturated carbocycles. The van der Waals surface area contributed by atoms with E-state index in [2.05, 4.69) is 34.7 Å². The Morgan fingerprint density at radius 2 is 2.00 bits per heavy atom. The fourth-order valence-corrected chi connectivity index (χ4v) is 5.65. The zero-order valence-corrected chi connectivity index (χ0v) is 19.5. The number of hydrogen-bond acceptors (Lipinski definition) is 5. The van der Waals surface area contributed by atoms with Crippen LogP contribution in [-0.2, 0) is 36.5 Å². The lowest BCUT2D eigenvalue weighted by atomic mass is 10.0. The third-order valence-electron chi connectivity index (χ3n) is 5.49. The van der Waals surface area contributed by atoms with Crippen LogP contribution in [-0.4, -0.2) is 23.6 Å². The van der Waals surface area contributed by atoms with Gasteiger partial charge in [-0.15, -0.1) is 11.3 Å². The van der Waals surface area contributed by atoms with Crippen molar-refractivity contribution < 1.29 is 9.18 Å². The molecule has 0 atom stereocenters. The highest BCUT2D eigenvalue weighted by molar-refractivity contribution is 7.97. The van der Waals surface area contributed by atoms with Crippen LogP contribution < -0.4 is 5.32 Å². The molecule has 164 valence electrons. The summed E-state index contributed by atoms with van der Waals surface area (Å²) in [6.45, 7) is 2.09. The highest BCUT2D eigenvalue weighted by Crippen LogP contribution is 2.37. The van der Waals surface area contributed by atoms with Gasteiger partial charge in [-0.05, 0) is 41.5 Å². The van der Waals surface area contributed by atoms with E-state index in [4.69, 9.17) is 0 Å². The summed E-state index contributed by atoms with van der Waals surface area (Å²) in [5.74, 6) is 0.598. The average molecular weight is 466 g/mol. The minimum atomic E-state index is -0.239. The second-order valence-corrected chi connectivity index (χ2v) is 9.86. The van der Waals surface area contributed by atoms with Crippen LogP contribution in [0.4, 0.5) is 9.39 Å². The van der Waals surface area contributed by atoms with Gasteiger partial charge in [0.05, 0.1) is 12.0 Å². The summed E-state index contributed by atoms with van der Waals surface area (Å²) < 4.78 is 13.5. The third-order valence-corrected chi connectivity index (χ3v) is 7.32. The summed E-state index contributed by atoms with van der Waals surface area (Å²) in [4.78, 5) is 16.0. The molecular formula is C25H24FN3OS2. The standard InChI is InChI=1S/C25H24FN3OS2/c1-31-16-18-7-5-17(6-8-18)12-24(30)28-25-21(13-27)22-15-29(10-9-23(22)32-25)14-19-3-2-4-20(26)11-19/h2-8,11H,9-10,12,14-16H2,1H3,(H,28,30). The molecule has 0 fully saturated rings. The lowest BCUT2D eigenvalue weighted by Crippen LogP contribution is -2.29. The van der Waals surface area contributed by atoms with Crippen molar-refractivity contribution in [2.24, 2.45) is 0 Å². The molecule has 32 heavy (non-hydrogen) atoms. The summed E-state index contributed by atoms with van der Waals surface area (Å²) in [7, 11) is 0. The van der Waals surface area contributed by atoms with Crippen molar-refractivity contribution in [3.8, 4) is 6.07 Å². The average Bonchev–Trinajstić information content (AvgIpc) is 3.11. The van der Waals surface area contributed by atoms with E-state index < -0.39 is 0 Å². The number of amides is 1. The molecule has 0 bridgehead atoms. The first-order valence-corrected chi connectivity index (χ1v) is 12.6. The summed E-state index contributed by atoms with van der Waals surface area (Å²) in [5, 5.41) is 13.4. The van der Waals surface area contributed by atoms with E-state index in [-0.39, 0.29) is 18.1 Å². The minimum absolute atomic E-state index is 0.116. The molecule has 1 N–H and O–H groups in total. The lowest BCUT2D eigenvalue weighted by Gasteiger charge is -2.27. The largest absolute Gasteiger partial charge is 0.316 e. The zero-order chi connectivity index (χ0) is 22.5. The molecule has 0 saturated heterocycles. The first-order valence-electron chi connectivity index (χ1n) is 10.4. The van der Waals surface area contributed by atoms with Gasteiger partial charge >= 0.3 is 0 Å². The fourth-order valence-electron chi connectivity index (χ4n) is 3.95. The van der Waals surface area contributed by atoms with Crippen molar-refractivity contribution in [2.45, 2.75) is 31.7 Å². The van der Waals surface area contributed by atoms with Crippen LogP contribution in [0, 0.1) is 17.1 Å². The molecule has 3 aromatic rings. The van der Waals surface area contributed by atoms with Crippen molar-refractivity contribution >= 4 is 34.0 Å². The molecule has 1 aliphatic rings. The van der Waals surface area contributed by atoms with Crippen molar-refractivity contribution in [3.63, 3.8) is 0 Å². The maximum Gasteiger partial charge on any atom is 0.229 e. The molecule has 4 rings (SSSR count). The number of thioether (sulfide) groups is 1. The van der Waals surface area contributed by atoms with Crippen LogP contribution >= 0.6 is 23.1 Å². The summed E-state index contributed by atoms with van der Waals surface area (Å²) in [6.07, 6.45) is 3.16. The first kappa shape index (κ1) is 22.5. The number of nitriles is 1. The summed E-state index contributed by atoms with van der Waals surface area (Å²) in [5.41, 5.74) is 4.64. The van der Waals surface area contributed by atoms with Crippen LogP contribution in [0.2, 0.25) is 0 Å². The molecule has 1 amide bonds. The zero-order valence-electron chi connectivity index (χ0n) is 17.9. The number of carbonyl (C=O) groups is 1. The topological polar surface area (TPSA) is 56.1 Å². The Bertz CT molecular complexity index is 1150. The van der Waals surface area contributed by atoms with Crippen molar-refractivity contribution in [1.82, 2.24) is 4.90 Å². The Labute approximate surface area is 196 Å². The lowest BCUT2D eigenvalue weighted by molar-refractivity contribution is -0.115. The van der Waals surface area contributed by atoms with Gasteiger partial charge in [-0.25, -0.2) is 4.39 Å². The van der Waals surface area contributed by atoms with Gasteiger partial charge in [0.1, 0.15) is 16.9 Å². The maximum absolute atomic E-state index is 13.5. The molecule has 0 aliphatic carbocycles. The number of halogens is 1. The second-order valence-electron chi connectivity index (χ2n) is 7.88. The summed E-state index contributed by atoms with van der Waals surface area (Å²) in [6, 6.07) is 17.0. The number of nitrogens with zero attached hydrogens (tertiary/aromatic N) is 2. The maximum atomic E-state index is 13.5. The number of benzene rings is 2. The number of nitrogens with one attached hydrogen (secondary N) is 1. The van der Waals surface area contributed by atoms with E-state index in [0.29, 0.717) is 23.7 Å². The highest BCUT2D eigenvalue weighted by atomic mass is 32.2. The van der Waals surface area contributed by atoms with Crippen molar-refractivity contribution in [1.29, 1.82) is 5.26 Å². The number of thiophene rings is 1. The van der Waals surface area contributed by atoms with E-state index in [1.807, 2.05) is 18.2 Å². The number of anilines is 1. The Hall–Kier alpha value is -2.66. The third kappa shape index (κ3) is 5.39. The van der Waals surface area contributed by atoms with Gasteiger partial charge in [0.2, 0.25) is 5.91 Å². The predicted molar refractivity (Wildman–Crippen MR) is 129 cm³/mol. The van der Waals surface area contributed by atoms with Crippen molar-refractivity contribution in [2.75, 3.05) is 18.1 Å². The van der Waals surface area contributed by atoms with E-state index in [1.54, 1.807) is 23.9 Å². The number of hydrogen-bond donors (Lipinski definition) is 1. The van der Waals surface area contributed by atoms with Gasteiger partial charge in [0, 0.05) is 35.8 Å².